The zero-order valence-corrected chi connectivity index (χ0v) is 13.7. The molecule has 2 N–H and O–H groups in total. The maximum Gasteiger partial charge on any atom is 0.219 e. The molecule has 1 heterocycles. The topological polar surface area (TPSA) is 82.4 Å². The summed E-state index contributed by atoms with van der Waals surface area (Å²) in [6.45, 7) is 3.18. The molecular weight excluding hydrogens is 296 g/mol. The number of amides is 1. The number of carbonyl (C=O) groups excluding carboxylic acids is 1. The molecule has 6 heteroatoms. The van der Waals surface area contributed by atoms with Crippen LogP contribution in [-0.4, -0.2) is 47.0 Å². The van der Waals surface area contributed by atoms with E-state index in [1.807, 2.05) is 4.90 Å². The van der Waals surface area contributed by atoms with Crippen LogP contribution in [0.4, 0.5) is 0 Å². The molecule has 2 rings (SSSR count). The fourth-order valence-corrected chi connectivity index (χ4v) is 3.00. The molecule has 0 aliphatic carbocycles. The van der Waals surface area contributed by atoms with E-state index in [9.17, 15) is 15.1 Å². The Labute approximate surface area is 136 Å². The Morgan fingerprint density at radius 3 is 2.61 bits per heavy atom. The highest BCUT2D eigenvalue weighted by molar-refractivity contribution is 6.02. The predicted octanol–water partition coefficient (Wildman–Crippen LogP) is 2.62. The van der Waals surface area contributed by atoms with Crippen LogP contribution in [0.3, 0.4) is 0 Å². The van der Waals surface area contributed by atoms with Crippen molar-refractivity contribution in [3.05, 3.63) is 23.8 Å². The molecule has 1 amide bonds. The van der Waals surface area contributed by atoms with Gasteiger partial charge >= 0.3 is 0 Å². The molecule has 1 aromatic rings. The average molecular weight is 320 g/mol. The molecule has 0 saturated carbocycles. The molecule has 1 aliphatic rings. The van der Waals surface area contributed by atoms with Crippen molar-refractivity contribution in [3.8, 4) is 11.5 Å². The first-order valence-electron chi connectivity index (χ1n) is 7.89. The Morgan fingerprint density at radius 2 is 2.09 bits per heavy atom. The largest absolute Gasteiger partial charge is 0.507 e. The maximum atomic E-state index is 11.3. The van der Waals surface area contributed by atoms with Gasteiger partial charge in [-0.25, -0.2) is 0 Å². The number of methoxy groups -OCH3 is 1. The van der Waals surface area contributed by atoms with Gasteiger partial charge in [0, 0.05) is 31.6 Å². The van der Waals surface area contributed by atoms with Crippen LogP contribution in [0.2, 0.25) is 0 Å². The summed E-state index contributed by atoms with van der Waals surface area (Å²) in [6, 6.07) is 4.93. The number of hydrogen-bond donors (Lipinski definition) is 2. The summed E-state index contributed by atoms with van der Waals surface area (Å²) < 4.78 is 5.05. The molecule has 0 unspecified atom stereocenters. The Balaban J connectivity index is 1.93. The molecular formula is C17H24N2O4. The van der Waals surface area contributed by atoms with Crippen molar-refractivity contribution in [1.82, 2.24) is 4.90 Å². The number of rotatable bonds is 5. The monoisotopic (exact) mass is 320 g/mol. The molecule has 0 radical (unpaired) electrons. The van der Waals surface area contributed by atoms with E-state index in [-0.39, 0.29) is 11.7 Å². The Bertz CT molecular complexity index is 578. The van der Waals surface area contributed by atoms with Crippen LogP contribution < -0.4 is 4.74 Å². The molecule has 0 aromatic heterocycles. The first kappa shape index (κ1) is 17.1. The van der Waals surface area contributed by atoms with Crippen molar-refractivity contribution in [3.63, 3.8) is 0 Å². The smallest absolute Gasteiger partial charge is 0.219 e. The van der Waals surface area contributed by atoms with Gasteiger partial charge in [-0.2, -0.15) is 0 Å². The minimum atomic E-state index is 0.0450. The zero-order valence-electron chi connectivity index (χ0n) is 13.7. The molecule has 0 atom stereocenters. The van der Waals surface area contributed by atoms with Gasteiger partial charge in [0.25, 0.3) is 0 Å². The third-order valence-electron chi connectivity index (χ3n) is 4.49. The third kappa shape index (κ3) is 4.37. The van der Waals surface area contributed by atoms with E-state index >= 15 is 0 Å². The first-order chi connectivity index (χ1) is 11.0. The van der Waals surface area contributed by atoms with Crippen LogP contribution in [0.25, 0.3) is 0 Å². The molecule has 1 aliphatic heterocycles. The number of phenolic OH excluding ortho intramolecular Hbond substituents is 1. The number of benzene rings is 1. The van der Waals surface area contributed by atoms with Crippen molar-refractivity contribution in [2.45, 2.75) is 32.6 Å². The SMILES string of the molecule is COc1ccc(C(CCC2CCN(C(C)=O)CC2)=NO)c(O)c1. The lowest BCUT2D eigenvalue weighted by Crippen LogP contribution is -2.37. The summed E-state index contributed by atoms with van der Waals surface area (Å²) in [5, 5.41) is 22.7. The van der Waals surface area contributed by atoms with Crippen molar-refractivity contribution in [2.75, 3.05) is 20.2 Å². The fourth-order valence-electron chi connectivity index (χ4n) is 3.00. The Kier molecular flexibility index (Phi) is 5.84. The van der Waals surface area contributed by atoms with E-state index in [0.29, 0.717) is 29.4 Å². The fraction of sp³-hybridized carbons (Fsp3) is 0.529. The van der Waals surface area contributed by atoms with Gasteiger partial charge in [-0.1, -0.05) is 5.16 Å². The van der Waals surface area contributed by atoms with E-state index in [0.717, 1.165) is 32.4 Å². The molecule has 0 spiro atoms. The Morgan fingerprint density at radius 1 is 1.39 bits per heavy atom. The normalized spacial score (nSPS) is 16.4. The number of likely N-dealkylation sites (tertiary alicyclic amines) is 1. The van der Waals surface area contributed by atoms with Crippen LogP contribution in [0.15, 0.2) is 23.4 Å². The lowest BCUT2D eigenvalue weighted by molar-refractivity contribution is -0.130. The van der Waals surface area contributed by atoms with Gasteiger partial charge < -0.3 is 20.0 Å². The van der Waals surface area contributed by atoms with Crippen molar-refractivity contribution < 1.29 is 19.8 Å². The van der Waals surface area contributed by atoms with Crippen molar-refractivity contribution >= 4 is 11.6 Å². The number of nitrogens with zero attached hydrogens (tertiary/aromatic N) is 2. The lowest BCUT2D eigenvalue weighted by Gasteiger charge is -2.31. The van der Waals surface area contributed by atoms with E-state index in [4.69, 9.17) is 4.74 Å². The highest BCUT2D eigenvalue weighted by atomic mass is 16.5. The van der Waals surface area contributed by atoms with Crippen LogP contribution in [0.5, 0.6) is 11.5 Å². The summed E-state index contributed by atoms with van der Waals surface area (Å²) in [7, 11) is 1.53. The highest BCUT2D eigenvalue weighted by Gasteiger charge is 2.21. The van der Waals surface area contributed by atoms with E-state index < -0.39 is 0 Å². The maximum absolute atomic E-state index is 11.3. The Hall–Kier alpha value is -2.24. The molecule has 1 fully saturated rings. The summed E-state index contributed by atoms with van der Waals surface area (Å²) in [4.78, 5) is 13.2. The number of piperidine rings is 1. The molecule has 1 aromatic carbocycles. The molecule has 0 bridgehead atoms. The standard InChI is InChI=1S/C17H24N2O4/c1-12(20)19-9-7-13(8-10-19)3-6-16(18-22)15-5-4-14(23-2)11-17(15)21/h4-5,11,13,21-22H,3,6-10H2,1-2H3. The molecule has 126 valence electrons. The summed E-state index contributed by atoms with van der Waals surface area (Å²) >= 11 is 0. The quantitative estimate of drug-likeness (QED) is 0.496. The molecule has 1 saturated heterocycles. The number of ether oxygens (including phenoxy) is 1. The number of aromatic hydroxyl groups is 1. The van der Waals surface area contributed by atoms with Crippen LogP contribution in [0.1, 0.15) is 38.2 Å². The van der Waals surface area contributed by atoms with Crippen molar-refractivity contribution in [1.29, 1.82) is 0 Å². The minimum Gasteiger partial charge on any atom is -0.507 e. The van der Waals surface area contributed by atoms with Gasteiger partial charge in [-0.15, -0.1) is 0 Å². The number of oxime groups is 1. The highest BCUT2D eigenvalue weighted by Crippen LogP contribution is 2.27. The molecule has 6 nitrogen and oxygen atoms in total. The lowest BCUT2D eigenvalue weighted by atomic mass is 9.90. The number of hydrogen-bond acceptors (Lipinski definition) is 5. The number of phenols is 1. The second kappa shape index (κ2) is 7.85. The van der Waals surface area contributed by atoms with Gasteiger partial charge in [-0.3, -0.25) is 4.79 Å². The summed E-state index contributed by atoms with van der Waals surface area (Å²) in [5.41, 5.74) is 0.994. The average Bonchev–Trinajstić information content (AvgIpc) is 2.56. The van der Waals surface area contributed by atoms with Crippen LogP contribution in [-0.2, 0) is 4.79 Å². The minimum absolute atomic E-state index is 0.0450. The van der Waals surface area contributed by atoms with Gasteiger partial charge in [0.1, 0.15) is 11.5 Å². The molecule has 23 heavy (non-hydrogen) atoms. The summed E-state index contributed by atoms with van der Waals surface area (Å²) in [5.74, 6) is 1.23. The van der Waals surface area contributed by atoms with E-state index in [1.54, 1.807) is 19.1 Å². The first-order valence-corrected chi connectivity index (χ1v) is 7.89. The van der Waals surface area contributed by atoms with Gasteiger partial charge in [0.05, 0.1) is 12.8 Å². The van der Waals surface area contributed by atoms with Crippen LogP contribution >= 0.6 is 0 Å². The van der Waals surface area contributed by atoms with E-state index in [1.165, 1.54) is 13.2 Å². The number of carbonyl (C=O) groups is 1. The predicted molar refractivity (Wildman–Crippen MR) is 87.2 cm³/mol. The van der Waals surface area contributed by atoms with Crippen LogP contribution in [0, 0.1) is 5.92 Å². The van der Waals surface area contributed by atoms with Crippen molar-refractivity contribution in [2.24, 2.45) is 11.1 Å². The summed E-state index contributed by atoms with van der Waals surface area (Å²) in [6.07, 6.45) is 3.39. The van der Waals surface area contributed by atoms with Gasteiger partial charge in [0.15, 0.2) is 0 Å². The second-order valence-electron chi connectivity index (χ2n) is 5.92. The van der Waals surface area contributed by atoms with Gasteiger partial charge in [-0.05, 0) is 43.7 Å². The van der Waals surface area contributed by atoms with Gasteiger partial charge in [0.2, 0.25) is 5.91 Å². The second-order valence-corrected chi connectivity index (χ2v) is 5.92. The van der Waals surface area contributed by atoms with E-state index in [2.05, 4.69) is 5.16 Å². The zero-order chi connectivity index (χ0) is 16.8. The third-order valence-corrected chi connectivity index (χ3v) is 4.49.